The quantitative estimate of drug-likeness (QED) is 0.401. The molecule has 33 heavy (non-hydrogen) atoms. The van der Waals surface area contributed by atoms with Crippen LogP contribution in [0.1, 0.15) is 30.0 Å². The second-order valence-electron chi connectivity index (χ2n) is 7.61. The van der Waals surface area contributed by atoms with Gasteiger partial charge in [-0.05, 0) is 48.7 Å². The molecule has 4 rings (SSSR count). The number of aromatic nitrogens is 2. The molecule has 1 aliphatic heterocycles. The van der Waals surface area contributed by atoms with E-state index in [0.717, 1.165) is 23.3 Å². The molecule has 170 valence electrons. The number of fused-ring (bicyclic) bond motifs is 1. The molecule has 1 amide bonds. The van der Waals surface area contributed by atoms with Crippen LogP contribution in [0.2, 0.25) is 0 Å². The fourth-order valence-corrected chi connectivity index (χ4v) is 4.74. The number of pyridine rings is 1. The molecule has 0 unspecified atom stereocenters. The molecule has 0 atom stereocenters. The molecule has 0 bridgehead atoms. The number of carbonyl (C=O) groups is 1. The molecule has 1 fully saturated rings. The summed E-state index contributed by atoms with van der Waals surface area (Å²) in [5.41, 5.74) is 2.53. The maximum absolute atomic E-state index is 13.3. The van der Waals surface area contributed by atoms with E-state index in [0.29, 0.717) is 39.3 Å². The Morgan fingerprint density at radius 2 is 1.97 bits per heavy atom. The number of thiocarbonyl (C=S) groups is 1. The lowest BCUT2D eigenvalue weighted by Crippen LogP contribution is -2.27. The lowest BCUT2D eigenvalue weighted by Gasteiger charge is -2.15. The van der Waals surface area contributed by atoms with E-state index in [1.165, 1.54) is 16.2 Å². The van der Waals surface area contributed by atoms with Gasteiger partial charge in [0.15, 0.2) is 0 Å². The Kier molecular flexibility index (Phi) is 6.80. The van der Waals surface area contributed by atoms with Crippen LogP contribution in [0.25, 0.3) is 11.7 Å². The van der Waals surface area contributed by atoms with E-state index >= 15 is 0 Å². The van der Waals surface area contributed by atoms with Gasteiger partial charge in [-0.2, -0.15) is 0 Å². The third-order valence-electron chi connectivity index (χ3n) is 5.28. The Morgan fingerprint density at radius 1 is 1.21 bits per heavy atom. The summed E-state index contributed by atoms with van der Waals surface area (Å²) in [6.45, 7) is 4.96. The molecule has 1 N–H and O–H groups in total. The number of rotatable bonds is 7. The molecular formula is C24H24N4O3S2. The van der Waals surface area contributed by atoms with Gasteiger partial charge < -0.3 is 10.1 Å². The number of methoxy groups -OCH3 is 1. The number of carbonyl (C=O) groups excluding carboxylic acids is 1. The highest BCUT2D eigenvalue weighted by Gasteiger charge is 2.32. The zero-order valence-electron chi connectivity index (χ0n) is 18.6. The van der Waals surface area contributed by atoms with E-state index in [9.17, 15) is 9.59 Å². The normalized spacial score (nSPS) is 15.0. The zero-order valence-corrected chi connectivity index (χ0v) is 20.3. The number of anilines is 1. The Bertz CT molecular complexity index is 1320. The van der Waals surface area contributed by atoms with Gasteiger partial charge in [0.25, 0.3) is 11.5 Å². The topological polar surface area (TPSA) is 75.9 Å². The molecular weight excluding hydrogens is 456 g/mol. The highest BCUT2D eigenvalue weighted by atomic mass is 32.2. The fourth-order valence-electron chi connectivity index (χ4n) is 3.50. The SMILES string of the molecule is CCCNc1nc2c(C)cccn2c(=O)c1/C=C1\SC(=S)N(Cc2ccc(OC)cc2)C1=O. The first-order valence-corrected chi connectivity index (χ1v) is 11.8. The molecule has 9 heteroatoms. The summed E-state index contributed by atoms with van der Waals surface area (Å²) in [5.74, 6) is 0.989. The minimum atomic E-state index is -0.234. The number of nitrogens with one attached hydrogen (secondary N) is 1. The summed E-state index contributed by atoms with van der Waals surface area (Å²) < 4.78 is 7.15. The molecule has 3 heterocycles. The van der Waals surface area contributed by atoms with E-state index in [4.69, 9.17) is 21.9 Å². The predicted octanol–water partition coefficient (Wildman–Crippen LogP) is 4.23. The van der Waals surface area contributed by atoms with E-state index in [-0.39, 0.29) is 11.5 Å². The second-order valence-corrected chi connectivity index (χ2v) is 9.28. The molecule has 1 saturated heterocycles. The van der Waals surface area contributed by atoms with Crippen LogP contribution in [0.3, 0.4) is 0 Å². The lowest BCUT2D eigenvalue weighted by atomic mass is 10.2. The van der Waals surface area contributed by atoms with Crippen molar-refractivity contribution in [3.8, 4) is 5.75 Å². The first-order chi connectivity index (χ1) is 15.9. The van der Waals surface area contributed by atoms with Gasteiger partial charge in [0, 0.05) is 12.7 Å². The lowest BCUT2D eigenvalue weighted by molar-refractivity contribution is -0.122. The van der Waals surface area contributed by atoms with Crippen LogP contribution < -0.4 is 15.6 Å². The van der Waals surface area contributed by atoms with Gasteiger partial charge in [-0.15, -0.1) is 0 Å². The highest BCUT2D eigenvalue weighted by molar-refractivity contribution is 8.26. The first-order valence-electron chi connectivity index (χ1n) is 10.6. The minimum Gasteiger partial charge on any atom is -0.497 e. The van der Waals surface area contributed by atoms with E-state index in [1.807, 2.05) is 50.2 Å². The van der Waals surface area contributed by atoms with Gasteiger partial charge >= 0.3 is 0 Å². The van der Waals surface area contributed by atoms with E-state index in [2.05, 4.69) is 5.32 Å². The first kappa shape index (κ1) is 23.0. The summed E-state index contributed by atoms with van der Waals surface area (Å²) in [7, 11) is 1.61. The van der Waals surface area contributed by atoms with E-state index < -0.39 is 0 Å². The van der Waals surface area contributed by atoms with Crippen LogP contribution in [-0.2, 0) is 11.3 Å². The minimum absolute atomic E-state index is 0.226. The number of amides is 1. The summed E-state index contributed by atoms with van der Waals surface area (Å²) in [5, 5.41) is 3.24. The number of aryl methyl sites for hydroxylation is 1. The molecule has 0 aliphatic carbocycles. The Labute approximate surface area is 201 Å². The van der Waals surface area contributed by atoms with Crippen molar-refractivity contribution in [3.05, 3.63) is 74.5 Å². The molecule has 0 spiro atoms. The van der Waals surface area contributed by atoms with Gasteiger partial charge in [0.2, 0.25) is 0 Å². The number of hydrogen-bond acceptors (Lipinski definition) is 7. The number of nitrogens with zero attached hydrogens (tertiary/aromatic N) is 3. The van der Waals surface area contributed by atoms with Gasteiger partial charge in [-0.25, -0.2) is 4.98 Å². The number of hydrogen-bond donors (Lipinski definition) is 1. The van der Waals surface area contributed by atoms with Crippen molar-refractivity contribution in [2.75, 3.05) is 19.0 Å². The number of thioether (sulfide) groups is 1. The Morgan fingerprint density at radius 3 is 2.67 bits per heavy atom. The second kappa shape index (κ2) is 9.76. The van der Waals surface area contributed by atoms with Gasteiger partial charge in [-0.1, -0.05) is 49.1 Å². The van der Waals surface area contributed by atoms with Crippen LogP contribution >= 0.6 is 24.0 Å². The van der Waals surface area contributed by atoms with Crippen LogP contribution in [-0.4, -0.2) is 38.2 Å². The standard InChI is InChI=1S/C24H24N4O3S2/c1-4-11-25-20-18(22(29)27-12-5-6-15(2)21(27)26-20)13-19-23(30)28(24(32)33-19)14-16-7-9-17(31-3)10-8-16/h5-10,12-13,25H,4,11,14H2,1-3H3/b19-13-. The molecule has 2 aromatic heterocycles. The highest BCUT2D eigenvalue weighted by Crippen LogP contribution is 2.34. The van der Waals surface area contributed by atoms with Crippen LogP contribution in [0, 0.1) is 6.92 Å². The summed E-state index contributed by atoms with van der Waals surface area (Å²) in [6.07, 6.45) is 4.17. The van der Waals surface area contributed by atoms with Crippen LogP contribution in [0.5, 0.6) is 5.75 Å². The third kappa shape index (κ3) is 4.65. The van der Waals surface area contributed by atoms with E-state index in [1.54, 1.807) is 24.3 Å². The monoisotopic (exact) mass is 480 g/mol. The van der Waals surface area contributed by atoms with Crippen LogP contribution in [0.15, 0.2) is 52.3 Å². The largest absolute Gasteiger partial charge is 0.497 e. The number of benzene rings is 1. The third-order valence-corrected chi connectivity index (χ3v) is 6.65. The van der Waals surface area contributed by atoms with Crippen molar-refractivity contribution in [1.82, 2.24) is 14.3 Å². The van der Waals surface area contributed by atoms with Crippen molar-refractivity contribution in [2.24, 2.45) is 0 Å². The maximum Gasteiger partial charge on any atom is 0.267 e. The Balaban J connectivity index is 1.71. The fraction of sp³-hybridized carbons (Fsp3) is 0.250. The zero-order chi connectivity index (χ0) is 23.5. The average molecular weight is 481 g/mol. The molecule has 7 nitrogen and oxygen atoms in total. The van der Waals surface area contributed by atoms with Crippen molar-refractivity contribution < 1.29 is 9.53 Å². The van der Waals surface area contributed by atoms with Gasteiger partial charge in [0.1, 0.15) is 21.5 Å². The predicted molar refractivity (Wildman–Crippen MR) is 137 cm³/mol. The number of ether oxygens (including phenoxy) is 1. The molecule has 1 aliphatic rings. The van der Waals surface area contributed by atoms with Gasteiger partial charge in [0.05, 0.1) is 24.1 Å². The van der Waals surface area contributed by atoms with Gasteiger partial charge in [-0.3, -0.25) is 18.9 Å². The van der Waals surface area contributed by atoms with Crippen molar-refractivity contribution in [3.63, 3.8) is 0 Å². The average Bonchev–Trinajstić information content (AvgIpc) is 3.08. The molecule has 1 aromatic carbocycles. The molecule has 0 saturated carbocycles. The van der Waals surface area contributed by atoms with Crippen molar-refractivity contribution in [1.29, 1.82) is 0 Å². The van der Waals surface area contributed by atoms with Crippen molar-refractivity contribution >= 4 is 51.7 Å². The summed E-state index contributed by atoms with van der Waals surface area (Å²) in [4.78, 5) is 33.1. The summed E-state index contributed by atoms with van der Waals surface area (Å²) >= 11 is 6.67. The smallest absolute Gasteiger partial charge is 0.267 e. The molecule has 0 radical (unpaired) electrons. The molecule has 3 aromatic rings. The van der Waals surface area contributed by atoms with Crippen LogP contribution in [0.4, 0.5) is 5.82 Å². The maximum atomic E-state index is 13.3. The van der Waals surface area contributed by atoms with Crippen molar-refractivity contribution in [2.45, 2.75) is 26.8 Å². The Hall–Kier alpha value is -3.17. The summed E-state index contributed by atoms with van der Waals surface area (Å²) in [6, 6.07) is 11.2.